The maximum atomic E-state index is 13.8. The summed E-state index contributed by atoms with van der Waals surface area (Å²) in [5.41, 5.74) is 3.08. The van der Waals surface area contributed by atoms with E-state index in [4.69, 9.17) is 14.5 Å². The minimum absolute atomic E-state index is 0.190. The number of para-hydroxylation sites is 1. The lowest BCUT2D eigenvalue weighted by Gasteiger charge is -2.20. The van der Waals surface area contributed by atoms with Crippen molar-refractivity contribution >= 4 is 32.6 Å². The van der Waals surface area contributed by atoms with Gasteiger partial charge in [0, 0.05) is 11.8 Å². The first-order chi connectivity index (χ1) is 17.1. The molecule has 0 aliphatic heterocycles. The quantitative estimate of drug-likeness (QED) is 0.260. The number of fused-ring (bicyclic) bond motifs is 1. The molecule has 0 fully saturated rings. The van der Waals surface area contributed by atoms with Crippen LogP contribution in [0.3, 0.4) is 0 Å². The molecule has 3 aromatic carbocycles. The number of aromatic nitrogens is 2. The number of hydrogen-bond acceptors (Lipinski definition) is 6. The third-order valence-corrected chi connectivity index (χ3v) is 6.71. The van der Waals surface area contributed by atoms with Crippen LogP contribution in [-0.2, 0) is 6.54 Å². The van der Waals surface area contributed by atoms with E-state index >= 15 is 0 Å². The number of ether oxygens (including phenoxy) is 2. The number of rotatable bonds is 7. The van der Waals surface area contributed by atoms with Gasteiger partial charge in [0.05, 0.1) is 24.0 Å². The minimum atomic E-state index is -0.190. The smallest absolute Gasteiger partial charge is 0.260 e. The van der Waals surface area contributed by atoms with Crippen LogP contribution in [0.4, 0.5) is 5.13 Å². The van der Waals surface area contributed by atoms with Crippen molar-refractivity contribution in [1.82, 2.24) is 9.97 Å². The number of nitrogens with zero attached hydrogens (tertiary/aromatic N) is 3. The lowest BCUT2D eigenvalue weighted by atomic mass is 10.2. The number of thiazole rings is 1. The van der Waals surface area contributed by atoms with Gasteiger partial charge in [-0.2, -0.15) is 0 Å². The first-order valence-corrected chi connectivity index (χ1v) is 11.9. The van der Waals surface area contributed by atoms with Gasteiger partial charge in [-0.1, -0.05) is 47.7 Å². The number of anilines is 1. The number of methoxy groups -OCH3 is 1. The van der Waals surface area contributed by atoms with Crippen LogP contribution in [0.1, 0.15) is 21.6 Å². The van der Waals surface area contributed by atoms with Gasteiger partial charge in [0.2, 0.25) is 0 Å². The van der Waals surface area contributed by atoms with Crippen molar-refractivity contribution in [2.45, 2.75) is 13.5 Å². The molecule has 174 valence electrons. The van der Waals surface area contributed by atoms with Crippen LogP contribution in [0, 0.1) is 6.92 Å². The van der Waals surface area contributed by atoms with E-state index in [0.717, 1.165) is 21.5 Å². The summed E-state index contributed by atoms with van der Waals surface area (Å²) in [6.07, 6.45) is 1.72. The molecular formula is C28H23N3O3S. The second-order valence-electron chi connectivity index (χ2n) is 7.91. The zero-order valence-corrected chi connectivity index (χ0v) is 20.2. The molecule has 5 rings (SSSR count). The molecule has 0 unspecified atom stereocenters. The Morgan fingerprint density at radius 1 is 0.943 bits per heavy atom. The van der Waals surface area contributed by atoms with Gasteiger partial charge in [-0.25, -0.2) is 4.98 Å². The van der Waals surface area contributed by atoms with E-state index in [-0.39, 0.29) is 12.5 Å². The van der Waals surface area contributed by atoms with Gasteiger partial charge in [0.15, 0.2) is 5.13 Å². The Bertz CT molecular complexity index is 1470. The zero-order valence-electron chi connectivity index (χ0n) is 19.3. The second kappa shape index (κ2) is 9.95. The molecule has 0 radical (unpaired) electrons. The fourth-order valence-corrected chi connectivity index (χ4v) is 4.78. The van der Waals surface area contributed by atoms with Gasteiger partial charge >= 0.3 is 0 Å². The molecule has 0 aliphatic rings. The first kappa shape index (κ1) is 22.6. The van der Waals surface area contributed by atoms with Crippen molar-refractivity contribution in [2.24, 2.45) is 0 Å². The molecule has 0 bridgehead atoms. The van der Waals surface area contributed by atoms with Crippen LogP contribution in [0.2, 0.25) is 0 Å². The molecule has 2 aromatic heterocycles. The molecule has 0 spiro atoms. The van der Waals surface area contributed by atoms with Gasteiger partial charge < -0.3 is 9.47 Å². The third-order valence-electron chi connectivity index (χ3n) is 5.49. The molecule has 6 nitrogen and oxygen atoms in total. The summed E-state index contributed by atoms with van der Waals surface area (Å²) >= 11 is 1.47. The highest BCUT2D eigenvalue weighted by molar-refractivity contribution is 7.22. The SMILES string of the molecule is COc1ccc(C)c2sc(N(Cc3ccccn3)C(=O)c3cccc(Oc4ccccc4)c3)nc12. The van der Waals surface area contributed by atoms with E-state index in [9.17, 15) is 4.79 Å². The number of carbonyl (C=O) groups excluding carboxylic acids is 1. The maximum absolute atomic E-state index is 13.8. The molecule has 1 amide bonds. The summed E-state index contributed by atoms with van der Waals surface area (Å²) in [5, 5.41) is 0.581. The normalized spacial score (nSPS) is 10.8. The van der Waals surface area contributed by atoms with E-state index in [2.05, 4.69) is 4.98 Å². The van der Waals surface area contributed by atoms with Crippen molar-refractivity contribution in [2.75, 3.05) is 12.0 Å². The third kappa shape index (κ3) is 4.85. The van der Waals surface area contributed by atoms with Gasteiger partial charge in [-0.3, -0.25) is 14.7 Å². The fraction of sp³-hybridized carbons (Fsp3) is 0.107. The molecular weight excluding hydrogens is 458 g/mol. The van der Waals surface area contributed by atoms with Crippen molar-refractivity contribution in [3.05, 3.63) is 108 Å². The van der Waals surface area contributed by atoms with E-state index in [1.165, 1.54) is 11.3 Å². The number of pyridine rings is 1. The molecule has 0 N–H and O–H groups in total. The number of hydrogen-bond donors (Lipinski definition) is 0. The Hall–Kier alpha value is -4.23. The lowest BCUT2D eigenvalue weighted by Crippen LogP contribution is -2.30. The number of aryl methyl sites for hydroxylation is 1. The first-order valence-electron chi connectivity index (χ1n) is 11.1. The Morgan fingerprint density at radius 3 is 2.51 bits per heavy atom. The highest BCUT2D eigenvalue weighted by Gasteiger charge is 2.24. The molecule has 0 saturated heterocycles. The average Bonchev–Trinajstić information content (AvgIpc) is 3.35. The topological polar surface area (TPSA) is 64.5 Å². The van der Waals surface area contributed by atoms with Gasteiger partial charge in [-0.15, -0.1) is 0 Å². The van der Waals surface area contributed by atoms with Crippen molar-refractivity contribution in [1.29, 1.82) is 0 Å². The summed E-state index contributed by atoms with van der Waals surface area (Å²) in [5.74, 6) is 1.78. The zero-order chi connectivity index (χ0) is 24.2. The summed E-state index contributed by atoms with van der Waals surface area (Å²) in [6, 6.07) is 26.2. The average molecular weight is 482 g/mol. The molecule has 0 aliphatic carbocycles. The van der Waals surface area contributed by atoms with E-state index in [1.807, 2.05) is 79.7 Å². The van der Waals surface area contributed by atoms with Crippen LogP contribution in [0.15, 0.2) is 91.1 Å². The molecule has 35 heavy (non-hydrogen) atoms. The highest BCUT2D eigenvalue weighted by atomic mass is 32.1. The predicted octanol–water partition coefficient (Wildman–Crippen LogP) is 6.65. The van der Waals surface area contributed by atoms with Crippen LogP contribution in [-0.4, -0.2) is 23.0 Å². The van der Waals surface area contributed by atoms with Crippen LogP contribution >= 0.6 is 11.3 Å². The van der Waals surface area contributed by atoms with Crippen LogP contribution in [0.5, 0.6) is 17.2 Å². The maximum Gasteiger partial charge on any atom is 0.260 e. The summed E-state index contributed by atoms with van der Waals surface area (Å²) in [7, 11) is 1.62. The van der Waals surface area contributed by atoms with Gasteiger partial charge in [-0.05, 0) is 61.0 Å². The molecule has 0 saturated carbocycles. The fourth-order valence-electron chi connectivity index (χ4n) is 3.73. The second-order valence-corrected chi connectivity index (χ2v) is 8.89. The van der Waals surface area contributed by atoms with Crippen molar-refractivity contribution < 1.29 is 14.3 Å². The monoisotopic (exact) mass is 481 g/mol. The van der Waals surface area contributed by atoms with E-state index < -0.39 is 0 Å². The summed E-state index contributed by atoms with van der Waals surface area (Å²) < 4.78 is 12.5. The molecule has 0 atom stereocenters. The Balaban J connectivity index is 1.54. The van der Waals surface area contributed by atoms with Crippen molar-refractivity contribution in [3.8, 4) is 17.2 Å². The summed E-state index contributed by atoms with van der Waals surface area (Å²) in [4.78, 5) is 24.8. The lowest BCUT2D eigenvalue weighted by molar-refractivity contribution is 0.0984. The Morgan fingerprint density at radius 2 is 1.74 bits per heavy atom. The minimum Gasteiger partial charge on any atom is -0.494 e. The van der Waals surface area contributed by atoms with Crippen LogP contribution in [0.25, 0.3) is 10.2 Å². The molecule has 7 heteroatoms. The Kier molecular flexibility index (Phi) is 6.41. The Labute approximate surface area is 207 Å². The largest absolute Gasteiger partial charge is 0.494 e. The van der Waals surface area contributed by atoms with E-state index in [0.29, 0.717) is 27.9 Å². The molecule has 5 aromatic rings. The van der Waals surface area contributed by atoms with Gasteiger partial charge in [0.1, 0.15) is 22.8 Å². The summed E-state index contributed by atoms with van der Waals surface area (Å²) in [6.45, 7) is 2.31. The molecule has 2 heterocycles. The number of benzene rings is 3. The standard InChI is InChI=1S/C28H23N3O3S/c1-19-14-15-24(33-2)25-26(19)35-28(30-25)31(18-21-10-6-7-16-29-21)27(32)20-9-8-13-23(17-20)34-22-11-4-3-5-12-22/h3-17H,18H2,1-2H3. The predicted molar refractivity (Wildman–Crippen MR) is 139 cm³/mol. The highest BCUT2D eigenvalue weighted by Crippen LogP contribution is 2.37. The van der Waals surface area contributed by atoms with Crippen molar-refractivity contribution in [3.63, 3.8) is 0 Å². The van der Waals surface area contributed by atoms with Crippen LogP contribution < -0.4 is 14.4 Å². The number of amides is 1. The van der Waals surface area contributed by atoms with Gasteiger partial charge in [0.25, 0.3) is 5.91 Å². The number of carbonyl (C=O) groups is 1. The van der Waals surface area contributed by atoms with E-state index in [1.54, 1.807) is 30.3 Å².